The normalized spacial score (nSPS) is 12.3. The van der Waals surface area contributed by atoms with E-state index in [1.54, 1.807) is 0 Å². The maximum atomic E-state index is 5.63. The molecule has 0 atom stereocenters. The molecule has 0 aliphatic heterocycles. The van der Waals surface area contributed by atoms with Crippen molar-refractivity contribution in [3.05, 3.63) is 23.3 Å². The molecule has 2 rings (SSSR count). The van der Waals surface area contributed by atoms with E-state index < -0.39 is 0 Å². The molecule has 1 aromatic heterocycles. The molecule has 80 valence electrons. The largest absolute Gasteiger partial charge is 0.369 e. The summed E-state index contributed by atoms with van der Waals surface area (Å²) in [5, 5.41) is 0. The molecule has 3 nitrogen and oxygen atoms in total. The molecule has 15 heavy (non-hydrogen) atoms. The SMILES string of the molecule is Cc1cc2[nH]c(N)nc2cc1C(C)(C)C. The second-order valence-corrected chi connectivity index (χ2v) is 5.06. The minimum atomic E-state index is 0.145. The number of fused-ring (bicyclic) bond motifs is 1. The first kappa shape index (κ1) is 10.0. The summed E-state index contributed by atoms with van der Waals surface area (Å²) in [6.45, 7) is 8.74. The number of imidazole rings is 1. The van der Waals surface area contributed by atoms with Crippen LogP contribution in [0.25, 0.3) is 11.0 Å². The van der Waals surface area contributed by atoms with Gasteiger partial charge in [-0.05, 0) is 35.6 Å². The van der Waals surface area contributed by atoms with Gasteiger partial charge in [0, 0.05) is 0 Å². The van der Waals surface area contributed by atoms with Crippen LogP contribution in [-0.2, 0) is 5.41 Å². The molecule has 0 radical (unpaired) electrons. The fourth-order valence-electron chi connectivity index (χ4n) is 1.99. The number of rotatable bonds is 0. The molecule has 0 unspecified atom stereocenters. The average molecular weight is 203 g/mol. The van der Waals surface area contributed by atoms with Crippen molar-refractivity contribution < 1.29 is 0 Å². The van der Waals surface area contributed by atoms with E-state index in [1.165, 1.54) is 11.1 Å². The van der Waals surface area contributed by atoms with E-state index in [0.29, 0.717) is 5.95 Å². The van der Waals surface area contributed by atoms with Crippen molar-refractivity contribution in [2.45, 2.75) is 33.1 Å². The molecule has 0 amide bonds. The maximum absolute atomic E-state index is 5.63. The lowest BCUT2D eigenvalue weighted by Gasteiger charge is -2.21. The van der Waals surface area contributed by atoms with Crippen molar-refractivity contribution in [3.8, 4) is 0 Å². The van der Waals surface area contributed by atoms with Crippen LogP contribution in [0.3, 0.4) is 0 Å². The minimum absolute atomic E-state index is 0.145. The molecule has 0 aliphatic carbocycles. The van der Waals surface area contributed by atoms with Gasteiger partial charge in [-0.25, -0.2) is 4.98 Å². The summed E-state index contributed by atoms with van der Waals surface area (Å²) in [6, 6.07) is 4.23. The van der Waals surface area contributed by atoms with Gasteiger partial charge in [-0.15, -0.1) is 0 Å². The lowest BCUT2D eigenvalue weighted by atomic mass is 9.84. The molecule has 3 heteroatoms. The van der Waals surface area contributed by atoms with Crippen LogP contribution in [0.15, 0.2) is 12.1 Å². The van der Waals surface area contributed by atoms with E-state index in [0.717, 1.165) is 11.0 Å². The molecule has 0 fully saturated rings. The van der Waals surface area contributed by atoms with Gasteiger partial charge in [0.15, 0.2) is 5.95 Å². The monoisotopic (exact) mass is 203 g/mol. The quantitative estimate of drug-likeness (QED) is 0.691. The molecule has 0 bridgehead atoms. The second kappa shape index (κ2) is 2.99. The maximum Gasteiger partial charge on any atom is 0.198 e. The molecule has 2 aromatic rings. The number of anilines is 1. The van der Waals surface area contributed by atoms with Gasteiger partial charge < -0.3 is 10.7 Å². The standard InChI is InChI=1S/C12H17N3/c1-7-5-9-10(15-11(13)14-9)6-8(7)12(2,3)4/h5-6H,1-4H3,(H3,13,14,15). The Morgan fingerprint density at radius 2 is 1.93 bits per heavy atom. The zero-order chi connectivity index (χ0) is 11.2. The zero-order valence-corrected chi connectivity index (χ0v) is 9.68. The number of H-pyrrole nitrogens is 1. The number of aromatic amines is 1. The fraction of sp³-hybridized carbons (Fsp3) is 0.417. The van der Waals surface area contributed by atoms with Crippen LogP contribution in [-0.4, -0.2) is 9.97 Å². The summed E-state index contributed by atoms with van der Waals surface area (Å²) >= 11 is 0. The molecule has 3 N–H and O–H groups in total. The van der Waals surface area contributed by atoms with Crippen LogP contribution in [0, 0.1) is 6.92 Å². The Labute approximate surface area is 89.7 Å². The summed E-state index contributed by atoms with van der Waals surface area (Å²) in [7, 11) is 0. The Morgan fingerprint density at radius 3 is 2.53 bits per heavy atom. The molecule has 0 aliphatic rings. The number of benzene rings is 1. The van der Waals surface area contributed by atoms with Crippen molar-refractivity contribution in [3.63, 3.8) is 0 Å². The number of hydrogen-bond acceptors (Lipinski definition) is 2. The van der Waals surface area contributed by atoms with Crippen LogP contribution in [0.1, 0.15) is 31.9 Å². The second-order valence-electron chi connectivity index (χ2n) is 5.06. The Bertz CT molecular complexity index is 503. The lowest BCUT2D eigenvalue weighted by molar-refractivity contribution is 0.587. The predicted molar refractivity (Wildman–Crippen MR) is 63.9 cm³/mol. The van der Waals surface area contributed by atoms with Gasteiger partial charge in [-0.1, -0.05) is 20.8 Å². The number of nitrogens with one attached hydrogen (secondary N) is 1. The average Bonchev–Trinajstić information content (AvgIpc) is 2.40. The summed E-state index contributed by atoms with van der Waals surface area (Å²) in [5.74, 6) is 0.482. The Balaban J connectivity index is 2.72. The highest BCUT2D eigenvalue weighted by Gasteiger charge is 2.17. The Hall–Kier alpha value is -1.51. The first-order valence-electron chi connectivity index (χ1n) is 5.14. The van der Waals surface area contributed by atoms with Crippen LogP contribution < -0.4 is 5.73 Å². The van der Waals surface area contributed by atoms with E-state index in [1.807, 2.05) is 0 Å². The highest BCUT2D eigenvalue weighted by Crippen LogP contribution is 2.28. The van der Waals surface area contributed by atoms with Gasteiger partial charge in [0.25, 0.3) is 0 Å². The van der Waals surface area contributed by atoms with Crippen molar-refractivity contribution in [2.24, 2.45) is 0 Å². The Morgan fingerprint density at radius 1 is 1.27 bits per heavy atom. The van der Waals surface area contributed by atoms with Gasteiger partial charge in [0.1, 0.15) is 0 Å². The number of nitrogen functional groups attached to an aromatic ring is 1. The molecule has 1 aromatic carbocycles. The highest BCUT2D eigenvalue weighted by molar-refractivity contribution is 5.79. The molecule has 0 saturated carbocycles. The van der Waals surface area contributed by atoms with E-state index in [9.17, 15) is 0 Å². The molecule has 1 heterocycles. The van der Waals surface area contributed by atoms with Crippen molar-refractivity contribution >= 4 is 17.0 Å². The zero-order valence-electron chi connectivity index (χ0n) is 9.68. The van der Waals surface area contributed by atoms with Crippen molar-refractivity contribution in [1.82, 2.24) is 9.97 Å². The topological polar surface area (TPSA) is 54.7 Å². The van der Waals surface area contributed by atoms with Crippen molar-refractivity contribution in [2.75, 3.05) is 5.73 Å². The van der Waals surface area contributed by atoms with Gasteiger partial charge in [0.05, 0.1) is 11.0 Å². The summed E-state index contributed by atoms with van der Waals surface area (Å²) < 4.78 is 0. The van der Waals surface area contributed by atoms with Crippen LogP contribution in [0.4, 0.5) is 5.95 Å². The number of aromatic nitrogens is 2. The molecular formula is C12H17N3. The van der Waals surface area contributed by atoms with E-state index >= 15 is 0 Å². The summed E-state index contributed by atoms with van der Waals surface area (Å²) in [5.41, 5.74) is 10.3. The Kier molecular flexibility index (Phi) is 2.00. The first-order chi connectivity index (χ1) is 6.88. The third-order valence-corrected chi connectivity index (χ3v) is 2.65. The lowest BCUT2D eigenvalue weighted by Crippen LogP contribution is -2.12. The molecule has 0 saturated heterocycles. The fourth-order valence-corrected chi connectivity index (χ4v) is 1.99. The predicted octanol–water partition coefficient (Wildman–Crippen LogP) is 2.75. The third-order valence-electron chi connectivity index (χ3n) is 2.65. The highest BCUT2D eigenvalue weighted by atomic mass is 15.0. The van der Waals surface area contributed by atoms with Gasteiger partial charge in [0.2, 0.25) is 0 Å². The van der Waals surface area contributed by atoms with Crippen LogP contribution in [0.2, 0.25) is 0 Å². The number of nitrogens with zero attached hydrogens (tertiary/aromatic N) is 1. The van der Waals surface area contributed by atoms with Crippen molar-refractivity contribution in [1.29, 1.82) is 0 Å². The van der Waals surface area contributed by atoms with E-state index in [4.69, 9.17) is 5.73 Å². The minimum Gasteiger partial charge on any atom is -0.369 e. The van der Waals surface area contributed by atoms with Crippen LogP contribution in [0.5, 0.6) is 0 Å². The number of aryl methyl sites for hydroxylation is 1. The van der Waals surface area contributed by atoms with Gasteiger partial charge >= 0.3 is 0 Å². The van der Waals surface area contributed by atoms with E-state index in [2.05, 4.69) is 49.8 Å². The number of hydrogen-bond donors (Lipinski definition) is 2. The third kappa shape index (κ3) is 1.69. The molecular weight excluding hydrogens is 186 g/mol. The number of nitrogens with two attached hydrogens (primary N) is 1. The first-order valence-corrected chi connectivity index (χ1v) is 5.14. The summed E-state index contributed by atoms with van der Waals surface area (Å²) in [6.07, 6.45) is 0. The van der Waals surface area contributed by atoms with Gasteiger partial charge in [-0.2, -0.15) is 0 Å². The summed E-state index contributed by atoms with van der Waals surface area (Å²) in [4.78, 5) is 7.30. The molecule has 0 spiro atoms. The van der Waals surface area contributed by atoms with E-state index in [-0.39, 0.29) is 5.41 Å². The smallest absolute Gasteiger partial charge is 0.198 e. The van der Waals surface area contributed by atoms with Gasteiger partial charge in [-0.3, -0.25) is 0 Å². The van der Waals surface area contributed by atoms with Crippen LogP contribution >= 0.6 is 0 Å².